The number of hydrogen-bond donors (Lipinski definition) is 1. The van der Waals surface area contributed by atoms with Gasteiger partial charge < -0.3 is 24.9 Å². The summed E-state index contributed by atoms with van der Waals surface area (Å²) in [5.41, 5.74) is 0. The van der Waals surface area contributed by atoms with E-state index in [1.165, 1.54) is 103 Å². The van der Waals surface area contributed by atoms with Crippen molar-refractivity contribution in [3.63, 3.8) is 0 Å². The summed E-state index contributed by atoms with van der Waals surface area (Å²) in [6.07, 6.45) is 22.2. The fourth-order valence-electron chi connectivity index (χ4n) is 3.50. The first-order valence-electron chi connectivity index (χ1n) is 11.6. The van der Waals surface area contributed by atoms with Crippen LogP contribution in [0.4, 0.5) is 0 Å². The average molecular weight is 405 g/mol. The standard InChI is InChI=1S/C22H48NO.NO3/c1-4-5-6-7-8-9-10-11-12-13-14-15-16-17-20-23(2,3)21-18-19-22-24;2-1(3)4/h24H,4-22H2,1-3H3;/q+1;-1. The Morgan fingerprint density at radius 2 is 0.929 bits per heavy atom. The molecule has 0 aliphatic carbocycles. The summed E-state index contributed by atoms with van der Waals surface area (Å²) >= 11 is 0. The number of aliphatic hydroxyl groups is 1. The molecule has 1 N–H and O–H groups in total. The second kappa shape index (κ2) is 22.4. The van der Waals surface area contributed by atoms with Crippen LogP contribution in [-0.2, 0) is 0 Å². The number of aliphatic hydroxyl groups excluding tert-OH is 1. The Morgan fingerprint density at radius 3 is 1.25 bits per heavy atom. The van der Waals surface area contributed by atoms with Crippen LogP contribution in [0.2, 0.25) is 0 Å². The lowest BCUT2D eigenvalue weighted by Gasteiger charge is -2.29. The Morgan fingerprint density at radius 1 is 0.643 bits per heavy atom. The van der Waals surface area contributed by atoms with Gasteiger partial charge in [0.1, 0.15) is 0 Å². The highest BCUT2D eigenvalue weighted by molar-refractivity contribution is 4.49. The number of nitrogens with zero attached hydrogens (tertiary/aromatic N) is 2. The van der Waals surface area contributed by atoms with E-state index in [1.807, 2.05) is 0 Å². The molecule has 0 fully saturated rings. The minimum absolute atomic E-state index is 0.346. The zero-order chi connectivity index (χ0) is 21.5. The van der Waals surface area contributed by atoms with Gasteiger partial charge in [-0.3, -0.25) is 0 Å². The van der Waals surface area contributed by atoms with E-state index in [4.69, 9.17) is 20.4 Å². The highest BCUT2D eigenvalue weighted by Gasteiger charge is 2.13. The number of hydrogen-bond acceptors (Lipinski definition) is 4. The van der Waals surface area contributed by atoms with Crippen LogP contribution in [0, 0.1) is 15.3 Å². The molecule has 0 spiro atoms. The van der Waals surface area contributed by atoms with E-state index in [9.17, 15) is 0 Å². The SMILES string of the molecule is CCCCCCCCCCCCCCCC[N+](C)(C)CCCCO.O=[N+]([O-])[O-]. The van der Waals surface area contributed by atoms with Gasteiger partial charge in [-0.25, -0.2) is 0 Å². The van der Waals surface area contributed by atoms with Gasteiger partial charge in [-0.2, -0.15) is 0 Å². The van der Waals surface area contributed by atoms with E-state index in [0.717, 1.165) is 17.3 Å². The van der Waals surface area contributed by atoms with Gasteiger partial charge in [0.05, 0.1) is 32.3 Å². The van der Waals surface area contributed by atoms with Crippen LogP contribution in [-0.4, -0.2) is 48.5 Å². The summed E-state index contributed by atoms with van der Waals surface area (Å²) in [5, 5.41) is 23.6. The Hall–Kier alpha value is -0.880. The van der Waals surface area contributed by atoms with Gasteiger partial charge in [0, 0.05) is 6.61 Å². The Balaban J connectivity index is 0. The van der Waals surface area contributed by atoms with Gasteiger partial charge in [0.2, 0.25) is 0 Å². The molecule has 0 aromatic heterocycles. The molecule has 0 aliphatic rings. The molecule has 0 radical (unpaired) electrons. The Bertz CT molecular complexity index is 322. The lowest BCUT2D eigenvalue weighted by atomic mass is 10.0. The third-order valence-electron chi connectivity index (χ3n) is 5.29. The molecule has 6 heteroatoms. The molecule has 0 saturated carbocycles. The highest BCUT2D eigenvalue weighted by Crippen LogP contribution is 2.13. The summed E-state index contributed by atoms with van der Waals surface area (Å²) in [6.45, 7) is 5.14. The molecule has 170 valence electrons. The molecular weight excluding hydrogens is 356 g/mol. The predicted octanol–water partition coefficient (Wildman–Crippen LogP) is 6.08. The number of quaternary nitrogens is 1. The summed E-state index contributed by atoms with van der Waals surface area (Å²) in [6, 6.07) is 0. The van der Waals surface area contributed by atoms with Crippen molar-refractivity contribution < 1.29 is 14.7 Å². The lowest BCUT2D eigenvalue weighted by molar-refractivity contribution is -0.890. The van der Waals surface area contributed by atoms with Crippen molar-refractivity contribution in [1.82, 2.24) is 0 Å². The minimum atomic E-state index is -1.75. The van der Waals surface area contributed by atoms with Crippen molar-refractivity contribution in [1.29, 1.82) is 0 Å². The van der Waals surface area contributed by atoms with Crippen LogP contribution in [0.25, 0.3) is 0 Å². The van der Waals surface area contributed by atoms with Crippen LogP contribution < -0.4 is 0 Å². The van der Waals surface area contributed by atoms with E-state index < -0.39 is 5.09 Å². The first-order chi connectivity index (χ1) is 13.4. The van der Waals surface area contributed by atoms with E-state index in [0.29, 0.717) is 6.61 Å². The molecular formula is C22H48N2O4. The lowest BCUT2D eigenvalue weighted by Crippen LogP contribution is -2.41. The van der Waals surface area contributed by atoms with E-state index >= 15 is 0 Å². The molecule has 6 nitrogen and oxygen atoms in total. The molecule has 0 saturated heterocycles. The third-order valence-corrected chi connectivity index (χ3v) is 5.29. The Labute approximate surface area is 174 Å². The molecule has 0 unspecified atom stereocenters. The zero-order valence-electron chi connectivity index (χ0n) is 19.0. The largest absolute Gasteiger partial charge is 0.396 e. The first-order valence-corrected chi connectivity index (χ1v) is 11.6. The van der Waals surface area contributed by atoms with Crippen LogP contribution in [0.3, 0.4) is 0 Å². The molecule has 0 bridgehead atoms. The maximum Gasteiger partial charge on any atom is 0.0783 e. The smallest absolute Gasteiger partial charge is 0.0783 e. The van der Waals surface area contributed by atoms with Crippen molar-refractivity contribution in [2.24, 2.45) is 0 Å². The summed E-state index contributed by atoms with van der Waals surface area (Å²) in [5.74, 6) is 0. The van der Waals surface area contributed by atoms with Gasteiger partial charge in [0.25, 0.3) is 0 Å². The fourth-order valence-corrected chi connectivity index (χ4v) is 3.50. The van der Waals surface area contributed by atoms with E-state index in [-0.39, 0.29) is 0 Å². The predicted molar refractivity (Wildman–Crippen MR) is 119 cm³/mol. The molecule has 0 amide bonds. The zero-order valence-corrected chi connectivity index (χ0v) is 19.0. The van der Waals surface area contributed by atoms with Gasteiger partial charge in [-0.05, 0) is 25.7 Å². The summed E-state index contributed by atoms with van der Waals surface area (Å²) in [7, 11) is 4.67. The third kappa shape index (κ3) is 29.9. The average Bonchev–Trinajstić information content (AvgIpc) is 2.61. The van der Waals surface area contributed by atoms with Crippen LogP contribution in [0.1, 0.15) is 110 Å². The topological polar surface area (TPSA) is 86.4 Å². The first kappa shape index (κ1) is 29.3. The highest BCUT2D eigenvalue weighted by atomic mass is 16.9. The van der Waals surface area contributed by atoms with Crippen molar-refractivity contribution >= 4 is 0 Å². The molecule has 0 atom stereocenters. The van der Waals surface area contributed by atoms with Gasteiger partial charge >= 0.3 is 0 Å². The monoisotopic (exact) mass is 404 g/mol. The van der Waals surface area contributed by atoms with Crippen molar-refractivity contribution in [3.05, 3.63) is 15.3 Å². The molecule has 0 rings (SSSR count). The minimum Gasteiger partial charge on any atom is -0.396 e. The van der Waals surface area contributed by atoms with Crippen molar-refractivity contribution in [2.45, 2.75) is 110 Å². The second-order valence-corrected chi connectivity index (χ2v) is 8.63. The van der Waals surface area contributed by atoms with E-state index in [1.54, 1.807) is 0 Å². The van der Waals surface area contributed by atoms with Gasteiger partial charge in [0.15, 0.2) is 0 Å². The maximum atomic E-state index is 8.86. The molecule has 0 heterocycles. The van der Waals surface area contributed by atoms with Crippen LogP contribution in [0.15, 0.2) is 0 Å². The summed E-state index contributed by atoms with van der Waals surface area (Å²) in [4.78, 5) is 8.25. The number of unbranched alkanes of at least 4 members (excludes halogenated alkanes) is 14. The van der Waals surface area contributed by atoms with Crippen LogP contribution in [0.5, 0.6) is 0 Å². The summed E-state index contributed by atoms with van der Waals surface area (Å²) < 4.78 is 1.12. The molecule has 28 heavy (non-hydrogen) atoms. The van der Waals surface area contributed by atoms with Crippen molar-refractivity contribution in [3.8, 4) is 0 Å². The quantitative estimate of drug-likeness (QED) is 0.122. The van der Waals surface area contributed by atoms with Crippen LogP contribution >= 0.6 is 0 Å². The molecule has 0 aromatic rings. The number of rotatable bonds is 19. The fraction of sp³-hybridized carbons (Fsp3) is 1.00. The maximum absolute atomic E-state index is 8.86. The van der Waals surface area contributed by atoms with Gasteiger partial charge in [-0.15, -0.1) is 0 Å². The van der Waals surface area contributed by atoms with Gasteiger partial charge in [-0.1, -0.05) is 84.0 Å². The normalized spacial score (nSPS) is 11.1. The Kier molecular flexibility index (Phi) is 23.5. The molecule has 0 aromatic carbocycles. The second-order valence-electron chi connectivity index (χ2n) is 8.63. The van der Waals surface area contributed by atoms with Crippen molar-refractivity contribution in [2.75, 3.05) is 33.8 Å². The van der Waals surface area contributed by atoms with E-state index in [2.05, 4.69) is 21.0 Å². The molecule has 0 aliphatic heterocycles.